The van der Waals surface area contributed by atoms with E-state index in [-0.39, 0.29) is 6.04 Å². The smallest absolute Gasteiger partial charge is 0.115 e. The Hall–Kier alpha value is -0.890. The quantitative estimate of drug-likeness (QED) is 0.740. The minimum absolute atomic E-state index is 0.0453. The lowest BCUT2D eigenvalue weighted by Crippen LogP contribution is -2.48. The molecule has 2 heteroatoms. The van der Waals surface area contributed by atoms with Gasteiger partial charge in [-0.1, -0.05) is 30.3 Å². The fourth-order valence-corrected chi connectivity index (χ4v) is 2.51. The normalized spacial score (nSPS) is 31.6. The molecule has 1 saturated heterocycles. The number of halogens is 1. The Balaban J connectivity index is 2.07. The summed E-state index contributed by atoms with van der Waals surface area (Å²) in [6.07, 6.45) is 1.02. The van der Waals surface area contributed by atoms with Crippen LogP contribution in [0, 0.1) is 0 Å². The fraction of sp³-hybridized carbons (Fsp3) is 0.571. The number of benzene rings is 1. The van der Waals surface area contributed by atoms with Crippen molar-refractivity contribution in [3.63, 3.8) is 0 Å². The standard InChI is InChI=1S/C14H20FN/c1-11-8-9-14(15)12(2)16(11)10-13-6-4-3-5-7-13/h3-7,11-12,14H,8-10H2,1-2H3. The molecule has 0 radical (unpaired) electrons. The predicted molar refractivity (Wildman–Crippen MR) is 65.0 cm³/mol. The molecule has 3 unspecified atom stereocenters. The highest BCUT2D eigenvalue weighted by Crippen LogP contribution is 2.26. The van der Waals surface area contributed by atoms with Gasteiger partial charge in [-0.25, -0.2) is 4.39 Å². The summed E-state index contributed by atoms with van der Waals surface area (Å²) in [5.41, 5.74) is 1.27. The summed E-state index contributed by atoms with van der Waals surface area (Å²) in [5.74, 6) is 0. The van der Waals surface area contributed by atoms with E-state index in [1.54, 1.807) is 0 Å². The van der Waals surface area contributed by atoms with Gasteiger partial charge in [0, 0.05) is 18.6 Å². The van der Waals surface area contributed by atoms with Gasteiger partial charge in [0.2, 0.25) is 0 Å². The van der Waals surface area contributed by atoms with Crippen LogP contribution in [0.3, 0.4) is 0 Å². The van der Waals surface area contributed by atoms with Crippen molar-refractivity contribution >= 4 is 0 Å². The van der Waals surface area contributed by atoms with E-state index >= 15 is 0 Å². The lowest BCUT2D eigenvalue weighted by Gasteiger charge is -2.40. The molecule has 1 nitrogen and oxygen atoms in total. The maximum Gasteiger partial charge on any atom is 0.115 e. The molecule has 88 valence electrons. The molecule has 0 amide bonds. The highest BCUT2D eigenvalue weighted by Gasteiger charge is 2.31. The summed E-state index contributed by atoms with van der Waals surface area (Å²) >= 11 is 0. The molecule has 0 spiro atoms. The molecule has 0 aromatic heterocycles. The first-order valence-electron chi connectivity index (χ1n) is 6.12. The van der Waals surface area contributed by atoms with Gasteiger partial charge >= 0.3 is 0 Å². The minimum Gasteiger partial charge on any atom is -0.291 e. The van der Waals surface area contributed by atoms with E-state index in [2.05, 4.69) is 24.0 Å². The van der Waals surface area contributed by atoms with Gasteiger partial charge in [0.15, 0.2) is 0 Å². The molecular weight excluding hydrogens is 201 g/mol. The molecule has 1 aliphatic heterocycles. The van der Waals surface area contributed by atoms with Gasteiger partial charge in [-0.15, -0.1) is 0 Å². The van der Waals surface area contributed by atoms with Crippen LogP contribution in [-0.2, 0) is 6.54 Å². The van der Waals surface area contributed by atoms with E-state index in [1.807, 2.05) is 25.1 Å². The molecule has 1 fully saturated rings. The Morgan fingerprint density at radius 2 is 1.88 bits per heavy atom. The van der Waals surface area contributed by atoms with Crippen LogP contribution in [0.5, 0.6) is 0 Å². The summed E-state index contributed by atoms with van der Waals surface area (Å²) < 4.78 is 13.7. The molecule has 2 rings (SSSR count). The first-order valence-corrected chi connectivity index (χ1v) is 6.12. The van der Waals surface area contributed by atoms with Crippen LogP contribution in [0.4, 0.5) is 4.39 Å². The third kappa shape index (κ3) is 2.43. The molecule has 1 aromatic carbocycles. The number of nitrogens with zero attached hydrogens (tertiary/aromatic N) is 1. The largest absolute Gasteiger partial charge is 0.291 e. The molecule has 3 atom stereocenters. The Morgan fingerprint density at radius 1 is 1.19 bits per heavy atom. The first-order chi connectivity index (χ1) is 7.68. The van der Waals surface area contributed by atoms with Gasteiger partial charge in [0.25, 0.3) is 0 Å². The van der Waals surface area contributed by atoms with Crippen LogP contribution in [-0.4, -0.2) is 23.2 Å². The number of rotatable bonds is 2. The molecule has 0 bridgehead atoms. The second kappa shape index (κ2) is 4.96. The van der Waals surface area contributed by atoms with Crippen LogP contribution < -0.4 is 0 Å². The lowest BCUT2D eigenvalue weighted by molar-refractivity contribution is 0.0308. The maximum atomic E-state index is 13.7. The molecular formula is C14H20FN. The molecule has 0 saturated carbocycles. The SMILES string of the molecule is CC1CCC(F)C(C)N1Cc1ccccc1. The van der Waals surface area contributed by atoms with Crippen molar-refractivity contribution in [1.82, 2.24) is 4.90 Å². The highest BCUT2D eigenvalue weighted by molar-refractivity contribution is 5.15. The van der Waals surface area contributed by atoms with Gasteiger partial charge < -0.3 is 0 Å². The van der Waals surface area contributed by atoms with E-state index in [1.165, 1.54) is 5.56 Å². The molecule has 1 heterocycles. The Morgan fingerprint density at radius 3 is 2.56 bits per heavy atom. The van der Waals surface area contributed by atoms with E-state index in [0.29, 0.717) is 12.5 Å². The van der Waals surface area contributed by atoms with Crippen LogP contribution >= 0.6 is 0 Å². The zero-order valence-corrected chi connectivity index (χ0v) is 10.1. The van der Waals surface area contributed by atoms with Crippen LogP contribution in [0.1, 0.15) is 32.3 Å². The third-order valence-electron chi connectivity index (χ3n) is 3.68. The lowest BCUT2D eigenvalue weighted by atomic mass is 9.95. The molecule has 16 heavy (non-hydrogen) atoms. The van der Waals surface area contributed by atoms with Crippen molar-refractivity contribution in [2.45, 2.75) is 51.5 Å². The van der Waals surface area contributed by atoms with Crippen molar-refractivity contribution in [3.05, 3.63) is 35.9 Å². The fourth-order valence-electron chi connectivity index (χ4n) is 2.51. The molecule has 1 aliphatic rings. The number of hydrogen-bond donors (Lipinski definition) is 0. The average molecular weight is 221 g/mol. The van der Waals surface area contributed by atoms with Gasteiger partial charge in [0.05, 0.1) is 0 Å². The van der Waals surface area contributed by atoms with E-state index in [0.717, 1.165) is 13.0 Å². The first kappa shape index (κ1) is 11.6. The van der Waals surface area contributed by atoms with Crippen molar-refractivity contribution in [1.29, 1.82) is 0 Å². The van der Waals surface area contributed by atoms with Crippen molar-refractivity contribution in [3.8, 4) is 0 Å². The van der Waals surface area contributed by atoms with Gasteiger partial charge in [-0.3, -0.25) is 4.90 Å². The molecule has 0 N–H and O–H groups in total. The number of alkyl halides is 1. The second-order valence-electron chi connectivity index (χ2n) is 4.84. The van der Waals surface area contributed by atoms with Gasteiger partial charge in [-0.05, 0) is 32.3 Å². The number of likely N-dealkylation sites (tertiary alicyclic amines) is 1. The van der Waals surface area contributed by atoms with Crippen LogP contribution in [0.15, 0.2) is 30.3 Å². The second-order valence-corrected chi connectivity index (χ2v) is 4.84. The summed E-state index contributed by atoms with van der Waals surface area (Å²) in [5, 5.41) is 0. The topological polar surface area (TPSA) is 3.24 Å². The number of hydrogen-bond acceptors (Lipinski definition) is 1. The maximum absolute atomic E-state index is 13.7. The van der Waals surface area contributed by atoms with Crippen LogP contribution in [0.25, 0.3) is 0 Å². The average Bonchev–Trinajstić information content (AvgIpc) is 2.31. The summed E-state index contributed by atoms with van der Waals surface area (Å²) in [6.45, 7) is 5.07. The summed E-state index contributed by atoms with van der Waals surface area (Å²) in [4.78, 5) is 2.28. The predicted octanol–water partition coefficient (Wildman–Crippen LogP) is 3.40. The van der Waals surface area contributed by atoms with Crippen molar-refractivity contribution < 1.29 is 4.39 Å². The van der Waals surface area contributed by atoms with E-state index in [9.17, 15) is 4.39 Å². The zero-order chi connectivity index (χ0) is 11.5. The van der Waals surface area contributed by atoms with Crippen LogP contribution in [0.2, 0.25) is 0 Å². The van der Waals surface area contributed by atoms with E-state index < -0.39 is 6.17 Å². The van der Waals surface area contributed by atoms with E-state index in [4.69, 9.17) is 0 Å². The Kier molecular flexibility index (Phi) is 3.59. The van der Waals surface area contributed by atoms with Gasteiger partial charge in [-0.2, -0.15) is 0 Å². The minimum atomic E-state index is -0.667. The Bertz CT molecular complexity index is 325. The zero-order valence-electron chi connectivity index (χ0n) is 10.1. The monoisotopic (exact) mass is 221 g/mol. The third-order valence-corrected chi connectivity index (χ3v) is 3.68. The number of piperidine rings is 1. The molecule has 0 aliphatic carbocycles. The highest BCUT2D eigenvalue weighted by atomic mass is 19.1. The Labute approximate surface area is 97.3 Å². The molecule has 1 aromatic rings. The van der Waals surface area contributed by atoms with Crippen molar-refractivity contribution in [2.24, 2.45) is 0 Å². The summed E-state index contributed by atoms with van der Waals surface area (Å²) in [7, 11) is 0. The summed E-state index contributed by atoms with van der Waals surface area (Å²) in [6, 6.07) is 10.9. The van der Waals surface area contributed by atoms with Crippen molar-refractivity contribution in [2.75, 3.05) is 0 Å². The van der Waals surface area contributed by atoms with Gasteiger partial charge in [0.1, 0.15) is 6.17 Å².